The van der Waals surface area contributed by atoms with E-state index in [0.29, 0.717) is 30.6 Å². The molecule has 1 amide bonds. The van der Waals surface area contributed by atoms with E-state index in [0.717, 1.165) is 35.3 Å². The van der Waals surface area contributed by atoms with Crippen molar-refractivity contribution < 1.29 is 4.79 Å². The summed E-state index contributed by atoms with van der Waals surface area (Å²) in [6.07, 6.45) is 8.70. The zero-order chi connectivity index (χ0) is 23.7. The van der Waals surface area contributed by atoms with Gasteiger partial charge in [0.1, 0.15) is 6.54 Å². The quantitative estimate of drug-likeness (QED) is 0.455. The molecule has 2 aromatic heterocycles. The lowest BCUT2D eigenvalue weighted by molar-refractivity contribution is -0.121. The van der Waals surface area contributed by atoms with E-state index in [-0.39, 0.29) is 18.0 Å². The Morgan fingerprint density at radius 3 is 2.91 bits per heavy atom. The molecular formula is C26H34N6O2. The molecule has 0 spiro atoms. The van der Waals surface area contributed by atoms with E-state index >= 15 is 0 Å². The molecule has 1 atom stereocenters. The number of H-pyrrole nitrogens is 1. The molecule has 1 aliphatic heterocycles. The predicted molar refractivity (Wildman–Crippen MR) is 134 cm³/mol. The van der Waals surface area contributed by atoms with Crippen LogP contribution in [0.2, 0.25) is 0 Å². The molecule has 1 aliphatic carbocycles. The van der Waals surface area contributed by atoms with Crippen LogP contribution in [0.3, 0.4) is 0 Å². The molecule has 2 aliphatic rings. The van der Waals surface area contributed by atoms with Gasteiger partial charge in [-0.15, -0.1) is 0 Å². The summed E-state index contributed by atoms with van der Waals surface area (Å²) in [4.78, 5) is 35.9. The van der Waals surface area contributed by atoms with Gasteiger partial charge in [0.05, 0.1) is 0 Å². The molecule has 8 heteroatoms. The lowest BCUT2D eigenvalue weighted by Crippen LogP contribution is -2.38. The zero-order valence-electron chi connectivity index (χ0n) is 20.1. The molecule has 0 bridgehead atoms. The number of aryl methyl sites for hydroxylation is 2. The summed E-state index contributed by atoms with van der Waals surface area (Å²) in [7, 11) is 0. The van der Waals surface area contributed by atoms with Gasteiger partial charge in [0.25, 0.3) is 5.56 Å². The van der Waals surface area contributed by atoms with E-state index < -0.39 is 0 Å². The van der Waals surface area contributed by atoms with E-state index in [1.54, 1.807) is 6.20 Å². The maximum atomic E-state index is 13.1. The molecule has 0 unspecified atom stereocenters. The van der Waals surface area contributed by atoms with Crippen LogP contribution in [0.4, 0.5) is 5.82 Å². The normalized spacial score (nSPS) is 18.5. The second-order valence-electron chi connectivity index (χ2n) is 9.88. The summed E-state index contributed by atoms with van der Waals surface area (Å²) in [5.74, 6) is 0.993. The van der Waals surface area contributed by atoms with Crippen molar-refractivity contribution in [3.63, 3.8) is 0 Å². The molecule has 34 heavy (non-hydrogen) atoms. The van der Waals surface area contributed by atoms with Crippen LogP contribution in [0.1, 0.15) is 42.5 Å². The van der Waals surface area contributed by atoms with Crippen LogP contribution in [0.15, 0.2) is 35.4 Å². The van der Waals surface area contributed by atoms with Crippen molar-refractivity contribution in [3.05, 3.63) is 57.8 Å². The third-order valence-electron chi connectivity index (χ3n) is 7.19. The van der Waals surface area contributed by atoms with Gasteiger partial charge in [0.2, 0.25) is 5.91 Å². The van der Waals surface area contributed by atoms with Gasteiger partial charge in [-0.1, -0.05) is 6.07 Å². The summed E-state index contributed by atoms with van der Waals surface area (Å²) < 4.78 is 1.50. The molecule has 3 heterocycles. The van der Waals surface area contributed by atoms with E-state index in [1.807, 2.05) is 25.3 Å². The topological polar surface area (TPSA) is 95.0 Å². The van der Waals surface area contributed by atoms with Crippen LogP contribution in [0, 0.1) is 19.8 Å². The van der Waals surface area contributed by atoms with Crippen LogP contribution in [0.5, 0.6) is 0 Å². The fourth-order valence-electron chi connectivity index (χ4n) is 4.92. The molecule has 2 fully saturated rings. The van der Waals surface area contributed by atoms with E-state index in [4.69, 9.17) is 0 Å². The largest absolute Gasteiger partial charge is 0.364 e. The third-order valence-corrected chi connectivity index (χ3v) is 7.19. The van der Waals surface area contributed by atoms with Crippen LogP contribution < -0.4 is 16.2 Å². The molecule has 180 valence electrons. The number of rotatable bonds is 9. The number of likely N-dealkylation sites (tertiary alicyclic amines) is 1. The Morgan fingerprint density at radius 1 is 1.24 bits per heavy atom. The zero-order valence-corrected chi connectivity index (χ0v) is 20.1. The third kappa shape index (κ3) is 5.01. The molecule has 1 saturated heterocycles. The van der Waals surface area contributed by atoms with Gasteiger partial charge in [-0.05, 0) is 75.3 Å². The maximum Gasteiger partial charge on any atom is 0.293 e. The lowest BCUT2D eigenvalue weighted by Gasteiger charge is -2.24. The summed E-state index contributed by atoms with van der Waals surface area (Å²) >= 11 is 0. The molecule has 0 radical (unpaired) electrons. The Kier molecular flexibility index (Phi) is 6.41. The number of nitrogens with zero attached hydrogens (tertiary/aromatic N) is 3. The van der Waals surface area contributed by atoms with Gasteiger partial charge in [-0.25, -0.2) is 4.98 Å². The number of anilines is 1. The number of aromatic nitrogens is 3. The van der Waals surface area contributed by atoms with Crippen LogP contribution in [-0.2, 0) is 17.9 Å². The first kappa shape index (κ1) is 22.7. The van der Waals surface area contributed by atoms with Gasteiger partial charge >= 0.3 is 0 Å². The van der Waals surface area contributed by atoms with Crippen molar-refractivity contribution in [2.24, 2.45) is 5.92 Å². The monoisotopic (exact) mass is 462 g/mol. The van der Waals surface area contributed by atoms with Gasteiger partial charge in [0.15, 0.2) is 5.82 Å². The number of benzene rings is 1. The minimum Gasteiger partial charge on any atom is -0.364 e. The van der Waals surface area contributed by atoms with Crippen molar-refractivity contribution in [1.29, 1.82) is 0 Å². The number of carbonyl (C=O) groups is 1. The number of nitrogens with one attached hydrogen (secondary N) is 3. The Hall–Kier alpha value is -3.13. The highest BCUT2D eigenvalue weighted by Crippen LogP contribution is 2.32. The van der Waals surface area contributed by atoms with Crippen molar-refractivity contribution in [2.75, 3.05) is 25.0 Å². The summed E-state index contributed by atoms with van der Waals surface area (Å²) in [5.41, 5.74) is 3.71. The number of hydrogen-bond acceptors (Lipinski definition) is 5. The Bertz CT molecular complexity index is 1240. The van der Waals surface area contributed by atoms with Crippen molar-refractivity contribution in [1.82, 2.24) is 24.8 Å². The molecule has 1 aromatic carbocycles. The molecule has 5 rings (SSSR count). The summed E-state index contributed by atoms with van der Waals surface area (Å²) in [6.45, 7) is 7.29. The van der Waals surface area contributed by atoms with E-state index in [9.17, 15) is 9.59 Å². The first-order chi connectivity index (χ1) is 16.5. The minimum atomic E-state index is -0.244. The Labute approximate surface area is 199 Å². The number of aromatic amines is 1. The van der Waals surface area contributed by atoms with Crippen LogP contribution >= 0.6 is 0 Å². The second-order valence-corrected chi connectivity index (χ2v) is 9.88. The minimum absolute atomic E-state index is 0.0233. The Morgan fingerprint density at radius 2 is 2.09 bits per heavy atom. The van der Waals surface area contributed by atoms with Gasteiger partial charge in [0, 0.05) is 54.7 Å². The second kappa shape index (κ2) is 9.62. The van der Waals surface area contributed by atoms with E-state index in [2.05, 4.69) is 38.5 Å². The Balaban J connectivity index is 1.19. The number of carbonyl (C=O) groups excluding carboxylic acids is 1. The van der Waals surface area contributed by atoms with Gasteiger partial charge < -0.3 is 15.6 Å². The summed E-state index contributed by atoms with van der Waals surface area (Å²) in [5, 5.41) is 7.38. The van der Waals surface area contributed by atoms with Crippen LogP contribution in [0.25, 0.3) is 10.9 Å². The fourth-order valence-corrected chi connectivity index (χ4v) is 4.92. The number of fused-ring (bicyclic) bond motifs is 1. The molecule has 3 N–H and O–H groups in total. The van der Waals surface area contributed by atoms with Crippen LogP contribution in [-0.4, -0.2) is 51.0 Å². The standard InChI is InChI=1S/C26H34N6O2/c1-17-11-27-23-8-7-20(10-22(17)23)13-28-24(33)16-32-18(2)12-29-25(26(32)34)30-14-21-4-3-9-31(21)15-19-5-6-19/h7-8,10-12,19,21,27H,3-6,9,13-16H2,1-2H3,(H,28,33)(H,29,30)/t21-/m1/s1. The predicted octanol–water partition coefficient (Wildman–Crippen LogP) is 2.94. The SMILES string of the molecule is Cc1c[nH]c2ccc(CNC(=O)Cn3c(C)cnc(NC[C@H]4CCCN4CC4CC4)c3=O)cc12. The van der Waals surface area contributed by atoms with E-state index in [1.165, 1.54) is 35.9 Å². The van der Waals surface area contributed by atoms with Gasteiger partial charge in [-0.3, -0.25) is 19.1 Å². The fraction of sp³-hybridized carbons (Fsp3) is 0.500. The molecule has 8 nitrogen and oxygen atoms in total. The average Bonchev–Trinajstić information content (AvgIpc) is 3.42. The number of hydrogen-bond donors (Lipinski definition) is 3. The highest BCUT2D eigenvalue weighted by Gasteiger charge is 2.31. The number of amides is 1. The van der Waals surface area contributed by atoms with Crippen molar-refractivity contribution in [3.8, 4) is 0 Å². The molecule has 1 saturated carbocycles. The lowest BCUT2D eigenvalue weighted by atomic mass is 10.1. The maximum absolute atomic E-state index is 13.1. The van der Waals surface area contributed by atoms with Crippen molar-refractivity contribution in [2.45, 2.75) is 58.7 Å². The van der Waals surface area contributed by atoms with Gasteiger partial charge in [-0.2, -0.15) is 0 Å². The highest BCUT2D eigenvalue weighted by atomic mass is 16.2. The summed E-state index contributed by atoms with van der Waals surface area (Å²) in [6, 6.07) is 6.55. The first-order valence-electron chi connectivity index (χ1n) is 12.4. The molecule has 3 aromatic rings. The average molecular weight is 463 g/mol. The smallest absolute Gasteiger partial charge is 0.293 e. The van der Waals surface area contributed by atoms with Crippen molar-refractivity contribution >= 4 is 22.6 Å². The first-order valence-corrected chi connectivity index (χ1v) is 12.4. The molecular weight excluding hydrogens is 428 g/mol. The highest BCUT2D eigenvalue weighted by molar-refractivity contribution is 5.83.